The van der Waals surface area contributed by atoms with Crippen LogP contribution in [-0.2, 0) is 16.5 Å². The zero-order valence-electron chi connectivity index (χ0n) is 13.6. The highest BCUT2D eigenvalue weighted by Gasteiger charge is 2.16. The smallest absolute Gasteiger partial charge is 0.294 e. The van der Waals surface area contributed by atoms with E-state index in [1.54, 1.807) is 24.3 Å². The SMILES string of the molecule is CCCCCCc1ccc(Oc2ccc(O)cc2)cc1S(=O)(=O)O. The Morgan fingerprint density at radius 1 is 0.958 bits per heavy atom. The third-order valence-corrected chi connectivity index (χ3v) is 4.62. The number of aromatic hydroxyl groups is 1. The van der Waals surface area contributed by atoms with Crippen molar-refractivity contribution in [3.8, 4) is 17.2 Å². The third-order valence-electron chi connectivity index (χ3n) is 3.69. The predicted octanol–water partition coefficient (Wildman–Crippen LogP) is 4.55. The van der Waals surface area contributed by atoms with Crippen LogP contribution in [0.1, 0.15) is 38.2 Å². The van der Waals surface area contributed by atoms with Crippen molar-refractivity contribution < 1.29 is 22.8 Å². The van der Waals surface area contributed by atoms with E-state index in [2.05, 4.69) is 6.92 Å². The summed E-state index contributed by atoms with van der Waals surface area (Å²) in [6.07, 6.45) is 4.68. The molecule has 2 N–H and O–H groups in total. The summed E-state index contributed by atoms with van der Waals surface area (Å²) in [5.74, 6) is 0.888. The molecule has 2 aromatic rings. The molecule has 0 amide bonds. The van der Waals surface area contributed by atoms with Crippen LogP contribution >= 0.6 is 0 Å². The molecule has 0 aromatic heterocycles. The van der Waals surface area contributed by atoms with Crippen molar-refractivity contribution in [2.24, 2.45) is 0 Å². The molecule has 6 heteroatoms. The molecule has 0 spiro atoms. The molecule has 130 valence electrons. The summed E-state index contributed by atoms with van der Waals surface area (Å²) in [5, 5.41) is 9.26. The van der Waals surface area contributed by atoms with Gasteiger partial charge in [-0.05, 0) is 48.7 Å². The van der Waals surface area contributed by atoms with Gasteiger partial charge in [0.1, 0.15) is 22.1 Å². The predicted molar refractivity (Wildman–Crippen MR) is 92.3 cm³/mol. The van der Waals surface area contributed by atoms with Crippen LogP contribution in [0.15, 0.2) is 47.4 Å². The molecular weight excluding hydrogens is 328 g/mol. The van der Waals surface area contributed by atoms with Gasteiger partial charge in [0.05, 0.1) is 0 Å². The lowest BCUT2D eigenvalue weighted by Gasteiger charge is -2.11. The average Bonchev–Trinajstić information content (AvgIpc) is 2.54. The molecule has 0 heterocycles. The normalized spacial score (nSPS) is 11.4. The van der Waals surface area contributed by atoms with E-state index in [4.69, 9.17) is 4.74 Å². The highest BCUT2D eigenvalue weighted by atomic mass is 32.2. The number of rotatable bonds is 8. The Hall–Kier alpha value is -2.05. The highest BCUT2D eigenvalue weighted by molar-refractivity contribution is 7.85. The summed E-state index contributed by atoms with van der Waals surface area (Å²) in [6.45, 7) is 2.11. The minimum absolute atomic E-state index is 0.114. The summed E-state index contributed by atoms with van der Waals surface area (Å²) in [7, 11) is -4.32. The Bertz CT molecular complexity index is 766. The number of phenolic OH excluding ortho intramolecular Hbond substituents is 1. The first-order valence-electron chi connectivity index (χ1n) is 7.97. The van der Waals surface area contributed by atoms with Gasteiger partial charge in [-0.25, -0.2) is 0 Å². The quantitative estimate of drug-likeness (QED) is 0.539. The minimum atomic E-state index is -4.32. The number of ether oxygens (including phenoxy) is 1. The Kier molecular flexibility index (Phi) is 6.23. The van der Waals surface area contributed by atoms with E-state index < -0.39 is 10.1 Å². The topological polar surface area (TPSA) is 83.8 Å². The lowest BCUT2D eigenvalue weighted by Crippen LogP contribution is -2.04. The Morgan fingerprint density at radius 2 is 1.62 bits per heavy atom. The lowest BCUT2D eigenvalue weighted by molar-refractivity contribution is 0.461. The summed E-state index contributed by atoms with van der Waals surface area (Å²) in [4.78, 5) is -0.115. The summed E-state index contributed by atoms with van der Waals surface area (Å²) in [6, 6.07) is 10.8. The second-order valence-electron chi connectivity index (χ2n) is 5.65. The molecule has 0 bridgehead atoms. The third kappa shape index (κ3) is 5.25. The summed E-state index contributed by atoms with van der Waals surface area (Å²) in [5.41, 5.74) is 0.589. The highest BCUT2D eigenvalue weighted by Crippen LogP contribution is 2.28. The number of unbranched alkanes of at least 4 members (excludes halogenated alkanes) is 3. The molecular formula is C18H22O5S. The van der Waals surface area contributed by atoms with E-state index in [1.165, 1.54) is 18.2 Å². The first kappa shape index (κ1) is 18.3. The van der Waals surface area contributed by atoms with Gasteiger partial charge >= 0.3 is 0 Å². The van der Waals surface area contributed by atoms with Gasteiger partial charge in [0.15, 0.2) is 0 Å². The van der Waals surface area contributed by atoms with Crippen molar-refractivity contribution in [1.29, 1.82) is 0 Å². The Morgan fingerprint density at radius 3 is 2.25 bits per heavy atom. The molecule has 24 heavy (non-hydrogen) atoms. The van der Waals surface area contributed by atoms with Crippen LogP contribution < -0.4 is 4.74 Å². The fourth-order valence-corrected chi connectivity index (χ4v) is 3.20. The van der Waals surface area contributed by atoms with Gasteiger partial charge in [-0.2, -0.15) is 8.42 Å². The lowest BCUT2D eigenvalue weighted by atomic mass is 10.1. The van der Waals surface area contributed by atoms with Crippen LogP contribution in [0.3, 0.4) is 0 Å². The first-order chi connectivity index (χ1) is 11.4. The largest absolute Gasteiger partial charge is 0.508 e. The van der Waals surface area contributed by atoms with Gasteiger partial charge < -0.3 is 9.84 Å². The van der Waals surface area contributed by atoms with Gasteiger partial charge in [0.25, 0.3) is 10.1 Å². The van der Waals surface area contributed by atoms with Crippen molar-refractivity contribution in [2.75, 3.05) is 0 Å². The molecule has 0 fully saturated rings. The molecule has 0 saturated heterocycles. The van der Waals surface area contributed by atoms with Crippen LogP contribution in [0.25, 0.3) is 0 Å². The van der Waals surface area contributed by atoms with Crippen molar-refractivity contribution in [2.45, 2.75) is 43.9 Å². The molecule has 0 radical (unpaired) electrons. The number of hydrogen-bond donors (Lipinski definition) is 2. The molecule has 0 saturated carbocycles. The number of phenols is 1. The molecule has 0 atom stereocenters. The van der Waals surface area contributed by atoms with E-state index in [-0.39, 0.29) is 10.6 Å². The average molecular weight is 350 g/mol. The number of hydrogen-bond acceptors (Lipinski definition) is 4. The van der Waals surface area contributed by atoms with Gasteiger partial charge in [0, 0.05) is 6.07 Å². The second kappa shape index (κ2) is 8.17. The van der Waals surface area contributed by atoms with E-state index in [9.17, 15) is 18.1 Å². The molecule has 0 aliphatic rings. The summed E-state index contributed by atoms with van der Waals surface area (Å²) < 4.78 is 38.4. The van der Waals surface area contributed by atoms with Crippen LogP contribution in [0.4, 0.5) is 0 Å². The molecule has 0 unspecified atom stereocenters. The van der Waals surface area contributed by atoms with E-state index in [0.717, 1.165) is 25.7 Å². The molecule has 0 aliphatic carbocycles. The fourth-order valence-electron chi connectivity index (χ4n) is 2.44. The zero-order chi connectivity index (χ0) is 17.6. The zero-order valence-corrected chi connectivity index (χ0v) is 14.4. The molecule has 2 aromatic carbocycles. The van der Waals surface area contributed by atoms with E-state index >= 15 is 0 Å². The van der Waals surface area contributed by atoms with Crippen LogP contribution in [0.5, 0.6) is 17.2 Å². The van der Waals surface area contributed by atoms with Crippen molar-refractivity contribution in [1.82, 2.24) is 0 Å². The fraction of sp³-hybridized carbons (Fsp3) is 0.333. The molecule has 5 nitrogen and oxygen atoms in total. The van der Waals surface area contributed by atoms with Gasteiger partial charge in [-0.3, -0.25) is 4.55 Å². The van der Waals surface area contributed by atoms with Crippen molar-refractivity contribution in [3.63, 3.8) is 0 Å². The monoisotopic (exact) mass is 350 g/mol. The van der Waals surface area contributed by atoms with Crippen LogP contribution in [0.2, 0.25) is 0 Å². The van der Waals surface area contributed by atoms with Gasteiger partial charge in [-0.1, -0.05) is 32.3 Å². The Labute approximate surface area is 142 Å². The minimum Gasteiger partial charge on any atom is -0.508 e. The van der Waals surface area contributed by atoms with Crippen LogP contribution in [0, 0.1) is 0 Å². The number of aryl methyl sites for hydroxylation is 1. The second-order valence-corrected chi connectivity index (χ2v) is 7.04. The van der Waals surface area contributed by atoms with Gasteiger partial charge in [0.2, 0.25) is 0 Å². The maximum absolute atomic E-state index is 11.7. The van der Waals surface area contributed by atoms with Crippen LogP contribution in [-0.4, -0.2) is 18.1 Å². The maximum atomic E-state index is 11.7. The van der Waals surface area contributed by atoms with E-state index in [1.807, 2.05) is 0 Å². The van der Waals surface area contributed by atoms with Gasteiger partial charge in [-0.15, -0.1) is 0 Å². The number of benzene rings is 2. The van der Waals surface area contributed by atoms with Crippen molar-refractivity contribution >= 4 is 10.1 Å². The Balaban J connectivity index is 2.21. The standard InChI is InChI=1S/C18H22O5S/c1-2-3-4-5-6-14-7-10-17(13-18(14)24(20,21)22)23-16-11-8-15(19)9-12-16/h7-13,19H,2-6H2,1H3,(H,20,21,22). The molecule has 2 rings (SSSR count). The first-order valence-corrected chi connectivity index (χ1v) is 9.41. The van der Waals surface area contributed by atoms with E-state index in [0.29, 0.717) is 23.5 Å². The van der Waals surface area contributed by atoms with Crippen molar-refractivity contribution in [3.05, 3.63) is 48.0 Å². The molecule has 0 aliphatic heterocycles. The maximum Gasteiger partial charge on any atom is 0.294 e. The summed E-state index contributed by atoms with van der Waals surface area (Å²) >= 11 is 0.